The summed E-state index contributed by atoms with van der Waals surface area (Å²) in [6.07, 6.45) is 7.44. The molecule has 3 N–H and O–H groups in total. The molecule has 1 aromatic heterocycles. The van der Waals surface area contributed by atoms with Gasteiger partial charge in [0, 0.05) is 17.4 Å². The van der Waals surface area contributed by atoms with Crippen LogP contribution >= 0.6 is 0 Å². The molecule has 0 radical (unpaired) electrons. The van der Waals surface area contributed by atoms with E-state index < -0.39 is 0 Å². The Hall–Kier alpha value is -3.08. The van der Waals surface area contributed by atoms with Crippen molar-refractivity contribution in [2.45, 2.75) is 32.4 Å². The third kappa shape index (κ3) is 3.94. The highest BCUT2D eigenvalue weighted by Crippen LogP contribution is 2.24. The first-order valence-electron chi connectivity index (χ1n) is 9.00. The minimum atomic E-state index is 0.429. The van der Waals surface area contributed by atoms with Crippen LogP contribution < -0.4 is 11.1 Å². The minimum absolute atomic E-state index is 0.429. The highest BCUT2D eigenvalue weighted by atomic mass is 15.3. The summed E-state index contributed by atoms with van der Waals surface area (Å²) in [7, 11) is 0. The number of hydrogen-bond donors (Lipinski definition) is 2. The van der Waals surface area contributed by atoms with Crippen LogP contribution in [0.3, 0.4) is 0 Å². The van der Waals surface area contributed by atoms with Gasteiger partial charge in [-0.05, 0) is 48.1 Å². The van der Waals surface area contributed by atoms with Gasteiger partial charge in [0.1, 0.15) is 0 Å². The van der Waals surface area contributed by atoms with Gasteiger partial charge in [0.25, 0.3) is 0 Å². The Bertz CT molecular complexity index is 911. The first-order chi connectivity index (χ1) is 12.8. The summed E-state index contributed by atoms with van der Waals surface area (Å²) in [5.41, 5.74) is 12.2. The molecule has 1 aliphatic carbocycles. The third-order valence-electron chi connectivity index (χ3n) is 4.68. The number of hydrogen-bond acceptors (Lipinski definition) is 2. The molecule has 0 aliphatic heterocycles. The third-order valence-corrected chi connectivity index (χ3v) is 4.68. The lowest BCUT2D eigenvalue weighted by Crippen LogP contribution is -2.22. The molecule has 0 unspecified atom stereocenters. The topological polar surface area (TPSA) is 68.2 Å². The second-order valence-corrected chi connectivity index (χ2v) is 6.70. The van der Waals surface area contributed by atoms with Gasteiger partial charge in [-0.2, -0.15) is 5.10 Å². The zero-order chi connectivity index (χ0) is 17.8. The summed E-state index contributed by atoms with van der Waals surface area (Å²) < 4.78 is 1.92. The van der Waals surface area contributed by atoms with Crippen molar-refractivity contribution >= 4 is 11.6 Å². The van der Waals surface area contributed by atoms with E-state index in [-0.39, 0.29) is 0 Å². The van der Waals surface area contributed by atoms with Crippen LogP contribution in [0, 0.1) is 0 Å². The van der Waals surface area contributed by atoms with Gasteiger partial charge in [-0.3, -0.25) is 4.68 Å². The van der Waals surface area contributed by atoms with Crippen LogP contribution in [-0.2, 0) is 25.9 Å². The average Bonchev–Trinajstić information content (AvgIpc) is 3.29. The SMILES string of the molecule is NC(=NCc1cnn(Cc2ccccc2)c1)Nc1ccc2c(c1)CCC2. The maximum Gasteiger partial charge on any atom is 0.193 e. The number of anilines is 1. The van der Waals surface area contributed by atoms with E-state index in [4.69, 9.17) is 5.73 Å². The number of nitrogens with one attached hydrogen (secondary N) is 1. The normalized spacial score (nSPS) is 13.6. The van der Waals surface area contributed by atoms with E-state index in [1.165, 1.54) is 29.5 Å². The summed E-state index contributed by atoms with van der Waals surface area (Å²) in [6.45, 7) is 1.27. The molecule has 0 amide bonds. The molecule has 0 fully saturated rings. The van der Waals surface area contributed by atoms with Crippen LogP contribution in [0.5, 0.6) is 0 Å². The van der Waals surface area contributed by atoms with Crippen LogP contribution in [0.15, 0.2) is 65.9 Å². The number of guanidine groups is 1. The highest BCUT2D eigenvalue weighted by Gasteiger charge is 2.10. The molecule has 1 heterocycles. The van der Waals surface area contributed by atoms with Gasteiger partial charge >= 0.3 is 0 Å². The number of rotatable bonds is 5. The van der Waals surface area contributed by atoms with Crippen molar-refractivity contribution in [3.05, 3.63) is 83.2 Å². The first-order valence-corrected chi connectivity index (χ1v) is 9.00. The molecule has 132 valence electrons. The van der Waals surface area contributed by atoms with Gasteiger partial charge in [0.15, 0.2) is 5.96 Å². The Balaban J connectivity index is 1.35. The maximum absolute atomic E-state index is 6.04. The molecule has 3 aromatic rings. The van der Waals surface area contributed by atoms with Crippen molar-refractivity contribution in [2.75, 3.05) is 5.32 Å². The van der Waals surface area contributed by atoms with Gasteiger partial charge in [-0.15, -0.1) is 0 Å². The van der Waals surface area contributed by atoms with E-state index in [1.54, 1.807) is 0 Å². The number of nitrogens with zero attached hydrogens (tertiary/aromatic N) is 3. The van der Waals surface area contributed by atoms with Crippen molar-refractivity contribution in [3.8, 4) is 0 Å². The highest BCUT2D eigenvalue weighted by molar-refractivity contribution is 5.92. The second-order valence-electron chi connectivity index (χ2n) is 6.70. The summed E-state index contributed by atoms with van der Waals surface area (Å²) in [6, 6.07) is 16.7. The number of aryl methyl sites for hydroxylation is 2. The summed E-state index contributed by atoms with van der Waals surface area (Å²) in [4.78, 5) is 4.43. The molecule has 1 aliphatic rings. The van der Waals surface area contributed by atoms with Gasteiger partial charge in [-0.1, -0.05) is 36.4 Å². The zero-order valence-corrected chi connectivity index (χ0v) is 14.7. The fraction of sp³-hybridized carbons (Fsp3) is 0.238. The summed E-state index contributed by atoms with van der Waals surface area (Å²) >= 11 is 0. The first kappa shape index (κ1) is 16.4. The van der Waals surface area contributed by atoms with E-state index in [1.807, 2.05) is 35.3 Å². The van der Waals surface area contributed by atoms with Crippen molar-refractivity contribution in [1.29, 1.82) is 0 Å². The molecule has 0 saturated heterocycles. The molecule has 0 atom stereocenters. The van der Waals surface area contributed by atoms with Gasteiger partial charge in [0.2, 0.25) is 0 Å². The molecule has 0 saturated carbocycles. The Labute approximate surface area is 153 Å². The fourth-order valence-electron chi connectivity index (χ4n) is 3.36. The van der Waals surface area contributed by atoms with Gasteiger partial charge < -0.3 is 11.1 Å². The smallest absolute Gasteiger partial charge is 0.193 e. The molecule has 4 rings (SSSR count). The number of aromatic nitrogens is 2. The van der Waals surface area contributed by atoms with Crippen LogP contribution in [0.2, 0.25) is 0 Å². The van der Waals surface area contributed by atoms with Crippen LogP contribution in [0.4, 0.5) is 5.69 Å². The van der Waals surface area contributed by atoms with E-state index >= 15 is 0 Å². The molecular formula is C21H23N5. The molecule has 5 nitrogen and oxygen atoms in total. The lowest BCUT2D eigenvalue weighted by molar-refractivity contribution is 0.686. The molecule has 5 heteroatoms. The molecular weight excluding hydrogens is 322 g/mol. The number of aliphatic imine (C=N–C) groups is 1. The molecule has 0 spiro atoms. The monoisotopic (exact) mass is 345 g/mol. The zero-order valence-electron chi connectivity index (χ0n) is 14.7. The number of fused-ring (bicyclic) bond motifs is 1. The van der Waals surface area contributed by atoms with Crippen LogP contribution in [0.1, 0.15) is 28.7 Å². The number of nitrogens with two attached hydrogens (primary N) is 1. The van der Waals surface area contributed by atoms with Crippen molar-refractivity contribution in [2.24, 2.45) is 10.7 Å². The number of benzene rings is 2. The second kappa shape index (κ2) is 7.44. The lowest BCUT2D eigenvalue weighted by Gasteiger charge is -2.07. The Morgan fingerprint density at radius 2 is 1.92 bits per heavy atom. The maximum atomic E-state index is 6.04. The van der Waals surface area contributed by atoms with Crippen molar-refractivity contribution in [1.82, 2.24) is 9.78 Å². The fourth-order valence-corrected chi connectivity index (χ4v) is 3.36. The predicted octanol–water partition coefficient (Wildman–Crippen LogP) is 3.35. The van der Waals surface area contributed by atoms with Gasteiger partial charge in [-0.25, -0.2) is 4.99 Å². The predicted molar refractivity (Wildman–Crippen MR) is 105 cm³/mol. The Morgan fingerprint density at radius 1 is 1.08 bits per heavy atom. The van der Waals surface area contributed by atoms with E-state index in [2.05, 4.69) is 45.7 Å². The summed E-state index contributed by atoms with van der Waals surface area (Å²) in [5, 5.41) is 7.59. The quantitative estimate of drug-likeness (QED) is 0.550. The standard InChI is InChI=1S/C21H23N5/c22-21(25-20-10-9-18-7-4-8-19(18)11-20)23-12-17-13-24-26(15-17)14-16-5-2-1-3-6-16/h1-3,5-6,9-11,13,15H,4,7-8,12,14H2,(H3,22,23,25). The summed E-state index contributed by atoms with van der Waals surface area (Å²) in [5.74, 6) is 0.429. The Morgan fingerprint density at radius 3 is 2.81 bits per heavy atom. The van der Waals surface area contributed by atoms with E-state index in [0.29, 0.717) is 12.5 Å². The molecule has 2 aromatic carbocycles. The van der Waals surface area contributed by atoms with Crippen LogP contribution in [0.25, 0.3) is 0 Å². The largest absolute Gasteiger partial charge is 0.370 e. The molecule has 0 bridgehead atoms. The van der Waals surface area contributed by atoms with Crippen molar-refractivity contribution in [3.63, 3.8) is 0 Å². The molecule has 26 heavy (non-hydrogen) atoms. The lowest BCUT2D eigenvalue weighted by atomic mass is 10.1. The Kier molecular flexibility index (Phi) is 4.69. The minimum Gasteiger partial charge on any atom is -0.370 e. The van der Waals surface area contributed by atoms with E-state index in [0.717, 1.165) is 24.2 Å². The van der Waals surface area contributed by atoms with Crippen molar-refractivity contribution < 1.29 is 0 Å². The van der Waals surface area contributed by atoms with Gasteiger partial charge in [0.05, 0.1) is 19.3 Å². The average molecular weight is 345 g/mol. The van der Waals surface area contributed by atoms with E-state index in [9.17, 15) is 0 Å². The van der Waals surface area contributed by atoms with Crippen LogP contribution in [-0.4, -0.2) is 15.7 Å².